The number of hydrogen-bond acceptors (Lipinski definition) is 5. The number of carbonyl (C=O) groups is 1. The highest BCUT2D eigenvalue weighted by molar-refractivity contribution is 5.92. The summed E-state index contributed by atoms with van der Waals surface area (Å²) in [7, 11) is 2.13. The lowest BCUT2D eigenvalue weighted by Gasteiger charge is -2.43. The number of piperidine rings is 1. The highest BCUT2D eigenvalue weighted by Crippen LogP contribution is 2.33. The van der Waals surface area contributed by atoms with Crippen molar-refractivity contribution in [1.82, 2.24) is 19.8 Å². The van der Waals surface area contributed by atoms with E-state index in [0.29, 0.717) is 5.69 Å². The molecule has 0 N–H and O–H groups in total. The van der Waals surface area contributed by atoms with E-state index in [1.54, 1.807) is 12.4 Å². The first-order valence-electron chi connectivity index (χ1n) is 7.92. The monoisotopic (exact) mass is 304 g/mol. The second kappa shape index (κ2) is 6.30. The van der Waals surface area contributed by atoms with Crippen molar-refractivity contribution in [1.29, 1.82) is 0 Å². The predicted octanol–water partition coefficient (Wildman–Crippen LogP) is 0.969. The van der Waals surface area contributed by atoms with Crippen molar-refractivity contribution >= 4 is 5.91 Å². The first-order valence-corrected chi connectivity index (χ1v) is 7.92. The van der Waals surface area contributed by atoms with Gasteiger partial charge in [-0.3, -0.25) is 9.78 Å². The van der Waals surface area contributed by atoms with Crippen LogP contribution >= 0.6 is 0 Å². The molecule has 120 valence electrons. The van der Waals surface area contributed by atoms with E-state index in [1.165, 1.54) is 0 Å². The molecule has 3 rings (SSSR count). The molecule has 3 heterocycles. The van der Waals surface area contributed by atoms with Gasteiger partial charge in [-0.1, -0.05) is 0 Å². The maximum Gasteiger partial charge on any atom is 0.274 e. The zero-order valence-electron chi connectivity index (χ0n) is 13.4. The molecule has 1 unspecified atom stereocenters. The summed E-state index contributed by atoms with van der Waals surface area (Å²) in [5, 5.41) is 0. The van der Waals surface area contributed by atoms with Crippen LogP contribution in [0.5, 0.6) is 0 Å². The Morgan fingerprint density at radius 3 is 2.91 bits per heavy atom. The Morgan fingerprint density at radius 1 is 1.27 bits per heavy atom. The lowest BCUT2D eigenvalue weighted by Crippen LogP contribution is -2.51. The molecule has 0 aromatic carbocycles. The van der Waals surface area contributed by atoms with E-state index in [1.807, 2.05) is 11.8 Å². The summed E-state index contributed by atoms with van der Waals surface area (Å²) in [5.74, 6) is -0.0153. The van der Waals surface area contributed by atoms with Crippen LogP contribution in [0.1, 0.15) is 29.0 Å². The SMILES string of the molecule is Cc1cnc(C(=O)N2CCCC3(COCCN(C)C3)C2)cn1. The normalized spacial score (nSPS) is 26.9. The van der Waals surface area contributed by atoms with E-state index in [2.05, 4.69) is 21.9 Å². The maximum atomic E-state index is 12.7. The Bertz CT molecular complexity index is 533. The molecule has 2 aliphatic heterocycles. The molecular weight excluding hydrogens is 280 g/mol. The van der Waals surface area contributed by atoms with E-state index in [9.17, 15) is 4.79 Å². The molecule has 1 atom stereocenters. The summed E-state index contributed by atoms with van der Waals surface area (Å²) in [6.45, 7) is 6.85. The smallest absolute Gasteiger partial charge is 0.274 e. The fourth-order valence-electron chi connectivity index (χ4n) is 3.50. The summed E-state index contributed by atoms with van der Waals surface area (Å²) < 4.78 is 5.80. The van der Waals surface area contributed by atoms with Crippen LogP contribution in [0.2, 0.25) is 0 Å². The number of nitrogens with zero attached hydrogens (tertiary/aromatic N) is 4. The van der Waals surface area contributed by atoms with Crippen molar-refractivity contribution in [3.8, 4) is 0 Å². The standard InChI is InChI=1S/C16H24N4O2/c1-13-8-18-14(9-17-13)15(21)20-5-3-4-16(11-20)10-19(2)6-7-22-12-16/h8-9H,3-7,10-12H2,1-2H3. The van der Waals surface area contributed by atoms with Crippen LogP contribution in [0.3, 0.4) is 0 Å². The number of ether oxygens (including phenoxy) is 1. The van der Waals surface area contributed by atoms with Gasteiger partial charge in [0.25, 0.3) is 5.91 Å². The molecule has 0 aliphatic carbocycles. The average molecular weight is 304 g/mol. The van der Waals surface area contributed by atoms with Gasteiger partial charge in [0, 0.05) is 37.8 Å². The van der Waals surface area contributed by atoms with Crippen molar-refractivity contribution < 1.29 is 9.53 Å². The van der Waals surface area contributed by atoms with E-state index in [4.69, 9.17) is 4.74 Å². The van der Waals surface area contributed by atoms with Gasteiger partial charge in [0.05, 0.1) is 25.1 Å². The van der Waals surface area contributed by atoms with Crippen LogP contribution < -0.4 is 0 Å². The van der Waals surface area contributed by atoms with Crippen molar-refractivity contribution in [2.75, 3.05) is 46.4 Å². The van der Waals surface area contributed by atoms with Crippen molar-refractivity contribution in [2.45, 2.75) is 19.8 Å². The van der Waals surface area contributed by atoms with Crippen molar-refractivity contribution in [3.63, 3.8) is 0 Å². The zero-order valence-corrected chi connectivity index (χ0v) is 13.4. The van der Waals surface area contributed by atoms with Crippen molar-refractivity contribution in [3.05, 3.63) is 23.8 Å². The number of hydrogen-bond donors (Lipinski definition) is 0. The summed E-state index contributed by atoms with van der Waals surface area (Å²) in [6.07, 6.45) is 5.35. The second-order valence-corrected chi connectivity index (χ2v) is 6.66. The van der Waals surface area contributed by atoms with E-state index in [-0.39, 0.29) is 11.3 Å². The topological polar surface area (TPSA) is 58.6 Å². The zero-order chi connectivity index (χ0) is 15.6. The molecule has 1 amide bonds. The van der Waals surface area contributed by atoms with Crippen LogP contribution in [0.4, 0.5) is 0 Å². The van der Waals surface area contributed by atoms with Gasteiger partial charge >= 0.3 is 0 Å². The molecule has 2 fully saturated rings. The molecular formula is C16H24N4O2. The molecule has 2 saturated heterocycles. The summed E-state index contributed by atoms with van der Waals surface area (Å²) in [4.78, 5) is 25.3. The quantitative estimate of drug-likeness (QED) is 0.774. The third-order valence-corrected chi connectivity index (χ3v) is 4.58. The molecule has 6 heteroatoms. The predicted molar refractivity (Wildman–Crippen MR) is 82.7 cm³/mol. The van der Waals surface area contributed by atoms with Crippen LogP contribution in [-0.4, -0.2) is 72.1 Å². The van der Waals surface area contributed by atoms with Crippen molar-refractivity contribution in [2.24, 2.45) is 5.41 Å². The minimum Gasteiger partial charge on any atom is -0.379 e. The van der Waals surface area contributed by atoms with E-state index < -0.39 is 0 Å². The van der Waals surface area contributed by atoms with Gasteiger partial charge in [-0.15, -0.1) is 0 Å². The first kappa shape index (κ1) is 15.4. The lowest BCUT2D eigenvalue weighted by molar-refractivity contribution is 0.00835. The minimum atomic E-state index is -0.0153. The van der Waals surface area contributed by atoms with Gasteiger partial charge < -0.3 is 14.5 Å². The number of rotatable bonds is 1. The van der Waals surface area contributed by atoms with Gasteiger partial charge in [0.1, 0.15) is 5.69 Å². The number of aryl methyl sites for hydroxylation is 1. The number of likely N-dealkylation sites (tertiary alicyclic amines) is 1. The minimum absolute atomic E-state index is 0.0153. The summed E-state index contributed by atoms with van der Waals surface area (Å²) >= 11 is 0. The van der Waals surface area contributed by atoms with Gasteiger partial charge in [-0.05, 0) is 26.8 Å². The second-order valence-electron chi connectivity index (χ2n) is 6.66. The molecule has 22 heavy (non-hydrogen) atoms. The molecule has 0 radical (unpaired) electrons. The van der Waals surface area contributed by atoms with Gasteiger partial charge in [-0.2, -0.15) is 0 Å². The Balaban J connectivity index is 1.74. The van der Waals surface area contributed by atoms with Gasteiger partial charge in [0.2, 0.25) is 0 Å². The fourth-order valence-corrected chi connectivity index (χ4v) is 3.50. The largest absolute Gasteiger partial charge is 0.379 e. The Kier molecular flexibility index (Phi) is 4.40. The highest BCUT2D eigenvalue weighted by atomic mass is 16.5. The molecule has 1 aromatic heterocycles. The highest BCUT2D eigenvalue weighted by Gasteiger charge is 2.39. The third kappa shape index (κ3) is 3.28. The summed E-state index contributed by atoms with van der Waals surface area (Å²) in [6, 6.07) is 0. The summed E-state index contributed by atoms with van der Waals surface area (Å²) in [5.41, 5.74) is 1.31. The van der Waals surface area contributed by atoms with Crippen LogP contribution in [0, 0.1) is 12.3 Å². The van der Waals surface area contributed by atoms with Crippen LogP contribution in [-0.2, 0) is 4.74 Å². The maximum absolute atomic E-state index is 12.7. The lowest BCUT2D eigenvalue weighted by atomic mass is 9.80. The van der Waals surface area contributed by atoms with Crippen LogP contribution in [0.25, 0.3) is 0 Å². The molecule has 2 aliphatic rings. The fraction of sp³-hybridized carbons (Fsp3) is 0.688. The molecule has 1 spiro atoms. The van der Waals surface area contributed by atoms with Gasteiger partial charge in [0.15, 0.2) is 0 Å². The molecule has 1 aromatic rings. The first-order chi connectivity index (χ1) is 10.6. The molecule has 6 nitrogen and oxygen atoms in total. The van der Waals surface area contributed by atoms with E-state index >= 15 is 0 Å². The number of aromatic nitrogens is 2. The molecule has 0 saturated carbocycles. The Labute approximate surface area is 131 Å². The Hall–Kier alpha value is -1.53. The Morgan fingerprint density at radius 2 is 2.14 bits per heavy atom. The third-order valence-electron chi connectivity index (χ3n) is 4.58. The number of carbonyl (C=O) groups excluding carboxylic acids is 1. The average Bonchev–Trinajstić information content (AvgIpc) is 2.69. The van der Waals surface area contributed by atoms with Gasteiger partial charge in [-0.25, -0.2) is 4.98 Å². The molecule has 0 bridgehead atoms. The van der Waals surface area contributed by atoms with Crippen LogP contribution in [0.15, 0.2) is 12.4 Å². The number of likely N-dealkylation sites (N-methyl/N-ethyl adjacent to an activating group) is 1. The number of amides is 1. The van der Waals surface area contributed by atoms with E-state index in [0.717, 1.165) is 57.9 Å².